The molecule has 4 rings (SSSR count). The average molecular weight is 644 g/mol. The number of carbonyl (C=O) groups excluding carboxylic acids is 4. The molecule has 1 unspecified atom stereocenters. The molecule has 9 nitrogen and oxygen atoms in total. The molecular weight excluding hydrogens is 590 g/mol. The van der Waals surface area contributed by atoms with E-state index in [1.54, 1.807) is 32.8 Å². The van der Waals surface area contributed by atoms with Crippen LogP contribution in [-0.4, -0.2) is 101 Å². The number of hydrogen-bond acceptors (Lipinski definition) is 5. The number of nitrogens with zero attached hydrogens (tertiary/aromatic N) is 4. The topological polar surface area (TPSA) is 107 Å². The van der Waals surface area contributed by atoms with Crippen LogP contribution in [0.3, 0.4) is 0 Å². The van der Waals surface area contributed by atoms with Crippen molar-refractivity contribution in [1.82, 2.24) is 19.6 Å². The summed E-state index contributed by atoms with van der Waals surface area (Å²) in [5.41, 5.74) is 5.41. The molecule has 250 valence electrons. The molecule has 2 N–H and O–H groups in total. The van der Waals surface area contributed by atoms with Crippen LogP contribution >= 0.6 is 11.6 Å². The first kappa shape index (κ1) is 35.2. The van der Waals surface area contributed by atoms with Crippen molar-refractivity contribution in [3.63, 3.8) is 0 Å². The zero-order valence-corrected chi connectivity index (χ0v) is 29.5. The monoisotopic (exact) mass is 643 g/mol. The van der Waals surface area contributed by atoms with Gasteiger partial charge in [0.2, 0.25) is 23.6 Å². The molecule has 0 bridgehead atoms. The molecule has 2 saturated heterocycles. The predicted octanol–water partition coefficient (Wildman–Crippen LogP) is 4.52. The van der Waals surface area contributed by atoms with Crippen molar-refractivity contribution in [2.75, 3.05) is 33.7 Å². The third-order valence-corrected chi connectivity index (χ3v) is 10.9. The summed E-state index contributed by atoms with van der Waals surface area (Å²) in [7, 11) is 3.40. The normalized spacial score (nSPS) is 26.1. The minimum Gasteiger partial charge on any atom is -0.369 e. The first-order valence-electron chi connectivity index (χ1n) is 16.4. The van der Waals surface area contributed by atoms with Crippen LogP contribution < -0.4 is 5.73 Å². The van der Waals surface area contributed by atoms with Crippen LogP contribution in [0.5, 0.6) is 0 Å². The Bertz CT molecular complexity index is 1280. The zero-order valence-electron chi connectivity index (χ0n) is 28.7. The van der Waals surface area contributed by atoms with Gasteiger partial charge in [-0.1, -0.05) is 37.6 Å². The largest absolute Gasteiger partial charge is 0.369 e. The fourth-order valence-electron chi connectivity index (χ4n) is 7.37. The van der Waals surface area contributed by atoms with Crippen LogP contribution in [0.2, 0.25) is 5.02 Å². The van der Waals surface area contributed by atoms with E-state index in [4.69, 9.17) is 17.3 Å². The van der Waals surface area contributed by atoms with Gasteiger partial charge >= 0.3 is 0 Å². The SMILES string of the molecule is CN(C)C(=O)[C@@H]1CC(N(C(=O)C(C)(C)C(N)=O)C2CCC(C)(C)CC2)CN1C(=O)[C@@H]1CN(C(C)(C)C)C[C@H]1c1ccc(Cl)cc1. The first-order chi connectivity index (χ1) is 20.7. The summed E-state index contributed by atoms with van der Waals surface area (Å²) < 4.78 is 0. The van der Waals surface area contributed by atoms with Crippen molar-refractivity contribution in [3.05, 3.63) is 34.9 Å². The number of amides is 4. The summed E-state index contributed by atoms with van der Waals surface area (Å²) >= 11 is 6.22. The molecular formula is C35H54ClN5O4. The number of likely N-dealkylation sites (N-methyl/N-ethyl adjacent to an activating group) is 1. The van der Waals surface area contributed by atoms with E-state index in [1.165, 1.54) is 4.90 Å². The van der Waals surface area contributed by atoms with Crippen molar-refractivity contribution in [2.24, 2.45) is 22.5 Å². The van der Waals surface area contributed by atoms with Crippen molar-refractivity contribution >= 4 is 35.2 Å². The molecule has 4 amide bonds. The molecule has 4 atom stereocenters. The van der Waals surface area contributed by atoms with Gasteiger partial charge in [0.05, 0.1) is 12.0 Å². The maximum Gasteiger partial charge on any atom is 0.244 e. The van der Waals surface area contributed by atoms with Gasteiger partial charge in [-0.3, -0.25) is 24.1 Å². The summed E-state index contributed by atoms with van der Waals surface area (Å²) in [6, 6.07) is 6.49. The van der Waals surface area contributed by atoms with Gasteiger partial charge in [0.15, 0.2) is 0 Å². The molecule has 2 aliphatic heterocycles. The summed E-state index contributed by atoms with van der Waals surface area (Å²) in [5.74, 6) is -1.69. The van der Waals surface area contributed by atoms with Crippen molar-refractivity contribution in [2.45, 2.75) is 110 Å². The smallest absolute Gasteiger partial charge is 0.244 e. The van der Waals surface area contributed by atoms with E-state index in [9.17, 15) is 19.2 Å². The molecule has 1 aliphatic carbocycles. The van der Waals surface area contributed by atoms with Crippen molar-refractivity contribution in [1.29, 1.82) is 0 Å². The van der Waals surface area contributed by atoms with Crippen molar-refractivity contribution in [3.8, 4) is 0 Å². The van der Waals surface area contributed by atoms with E-state index in [0.29, 0.717) is 24.5 Å². The second-order valence-corrected chi connectivity index (χ2v) is 16.5. The lowest BCUT2D eigenvalue weighted by atomic mass is 9.74. The molecule has 0 aromatic heterocycles. The highest BCUT2D eigenvalue weighted by Crippen LogP contribution is 2.42. The molecule has 1 aromatic carbocycles. The van der Waals surface area contributed by atoms with E-state index in [1.807, 2.05) is 29.2 Å². The Morgan fingerprint density at radius 2 is 1.49 bits per heavy atom. The molecule has 0 radical (unpaired) electrons. The van der Waals surface area contributed by atoms with Gasteiger partial charge in [-0.2, -0.15) is 0 Å². The highest BCUT2D eigenvalue weighted by molar-refractivity contribution is 6.30. The van der Waals surface area contributed by atoms with Gasteiger partial charge in [-0.05, 0) is 89.8 Å². The third-order valence-electron chi connectivity index (χ3n) is 10.7. The molecule has 3 fully saturated rings. The number of nitrogens with two attached hydrogens (primary N) is 1. The Labute approximate surface area is 274 Å². The molecule has 2 heterocycles. The molecule has 1 saturated carbocycles. The second-order valence-electron chi connectivity index (χ2n) is 16.1. The van der Waals surface area contributed by atoms with Gasteiger partial charge in [-0.15, -0.1) is 0 Å². The Hall–Kier alpha value is -2.65. The molecule has 45 heavy (non-hydrogen) atoms. The lowest BCUT2D eigenvalue weighted by molar-refractivity contribution is -0.152. The minimum atomic E-state index is -1.41. The van der Waals surface area contributed by atoms with Gasteiger partial charge in [0, 0.05) is 56.3 Å². The van der Waals surface area contributed by atoms with Crippen LogP contribution in [-0.2, 0) is 19.2 Å². The number of likely N-dealkylation sites (tertiary alicyclic amines) is 2. The van der Waals surface area contributed by atoms with Gasteiger partial charge in [0.1, 0.15) is 11.5 Å². The van der Waals surface area contributed by atoms with Crippen LogP contribution in [0.25, 0.3) is 0 Å². The maximum absolute atomic E-state index is 14.7. The fraction of sp³-hybridized carbons (Fsp3) is 0.714. The summed E-state index contributed by atoms with van der Waals surface area (Å²) in [6.45, 7) is 15.6. The number of primary amides is 1. The summed E-state index contributed by atoms with van der Waals surface area (Å²) in [4.78, 5) is 62.6. The molecule has 0 spiro atoms. The Kier molecular flexibility index (Phi) is 10.1. The number of benzene rings is 1. The Morgan fingerprint density at radius 3 is 2.00 bits per heavy atom. The quantitative estimate of drug-likeness (QED) is 0.440. The van der Waals surface area contributed by atoms with Crippen LogP contribution in [0.15, 0.2) is 24.3 Å². The minimum absolute atomic E-state index is 0.0734. The van der Waals surface area contributed by atoms with E-state index in [2.05, 4.69) is 39.5 Å². The number of hydrogen-bond donors (Lipinski definition) is 1. The predicted molar refractivity (Wildman–Crippen MR) is 177 cm³/mol. The summed E-state index contributed by atoms with van der Waals surface area (Å²) in [5, 5.41) is 0.640. The highest BCUT2D eigenvalue weighted by Gasteiger charge is 2.52. The Morgan fingerprint density at radius 1 is 0.911 bits per heavy atom. The second kappa shape index (κ2) is 12.9. The standard InChI is InChI=1S/C35H54ClN5O4/c1-33(2,3)39-20-26(22-10-12-23(36)13-11-22)27(21-39)29(42)40-19-25(18-28(40)30(43)38(8)9)41(32(45)35(6,7)31(37)44)24-14-16-34(4,5)17-15-24/h10-13,24-28H,14-21H2,1-9H3,(H2,37,44)/t25?,26-,27+,28-/m0/s1. The molecule has 1 aromatic rings. The first-order valence-corrected chi connectivity index (χ1v) is 16.8. The third kappa shape index (κ3) is 7.35. The van der Waals surface area contributed by atoms with Crippen LogP contribution in [0.4, 0.5) is 0 Å². The average Bonchev–Trinajstić information content (AvgIpc) is 3.59. The van der Waals surface area contributed by atoms with Crippen LogP contribution in [0.1, 0.15) is 92.1 Å². The zero-order chi connectivity index (χ0) is 33.6. The molecule has 10 heteroatoms. The Balaban J connectivity index is 1.72. The van der Waals surface area contributed by atoms with Crippen LogP contribution in [0, 0.1) is 16.7 Å². The lowest BCUT2D eigenvalue weighted by Crippen LogP contribution is -2.57. The van der Waals surface area contributed by atoms with Crippen molar-refractivity contribution < 1.29 is 19.2 Å². The van der Waals surface area contributed by atoms with E-state index < -0.39 is 23.4 Å². The lowest BCUT2D eigenvalue weighted by Gasteiger charge is -2.45. The van der Waals surface area contributed by atoms with Gasteiger partial charge < -0.3 is 20.4 Å². The summed E-state index contributed by atoms with van der Waals surface area (Å²) in [6.07, 6.45) is 3.81. The van der Waals surface area contributed by atoms with Gasteiger partial charge in [0.25, 0.3) is 0 Å². The van der Waals surface area contributed by atoms with Gasteiger partial charge in [-0.25, -0.2) is 0 Å². The number of halogens is 1. The fourth-order valence-corrected chi connectivity index (χ4v) is 7.50. The van der Waals surface area contributed by atoms with E-state index >= 15 is 0 Å². The van der Waals surface area contributed by atoms with E-state index in [0.717, 1.165) is 31.2 Å². The van der Waals surface area contributed by atoms with E-state index in [-0.39, 0.29) is 53.1 Å². The highest BCUT2D eigenvalue weighted by atomic mass is 35.5. The molecule has 3 aliphatic rings. The number of rotatable bonds is 7. The number of carbonyl (C=O) groups is 4. The maximum atomic E-state index is 14.7.